The van der Waals surface area contributed by atoms with Crippen LogP contribution in [0.5, 0.6) is 0 Å². The van der Waals surface area contributed by atoms with Crippen LogP contribution in [0.4, 0.5) is 10.1 Å². The topological polar surface area (TPSA) is 78.0 Å². The van der Waals surface area contributed by atoms with Gasteiger partial charge in [0.25, 0.3) is 0 Å². The van der Waals surface area contributed by atoms with Gasteiger partial charge in [0.2, 0.25) is 23.6 Å². The van der Waals surface area contributed by atoms with Crippen molar-refractivity contribution in [1.82, 2.24) is 9.80 Å². The van der Waals surface area contributed by atoms with Crippen molar-refractivity contribution in [2.24, 2.45) is 0 Å². The van der Waals surface area contributed by atoms with Crippen molar-refractivity contribution in [3.63, 3.8) is 0 Å². The summed E-state index contributed by atoms with van der Waals surface area (Å²) in [6.07, 6.45) is 0.991. The molecule has 1 spiro atoms. The molecule has 7 nitrogen and oxygen atoms in total. The zero-order valence-electron chi connectivity index (χ0n) is 14.3. The maximum Gasteiger partial charge on any atom is 0.249 e. The number of amides is 4. The highest BCUT2D eigenvalue weighted by molar-refractivity contribution is 6.28. The zero-order valence-corrected chi connectivity index (χ0v) is 14.3. The minimum Gasteiger partial charge on any atom is -0.341 e. The first-order chi connectivity index (χ1) is 12.4. The van der Waals surface area contributed by atoms with Crippen LogP contribution in [0.15, 0.2) is 18.2 Å². The second kappa shape index (κ2) is 5.62. The van der Waals surface area contributed by atoms with Gasteiger partial charge in [-0.1, -0.05) is 0 Å². The van der Waals surface area contributed by atoms with Gasteiger partial charge in [-0.05, 0) is 24.6 Å². The normalized spacial score (nSPS) is 25.2. The van der Waals surface area contributed by atoms with Gasteiger partial charge in [0.15, 0.2) is 5.41 Å². The lowest BCUT2D eigenvalue weighted by Crippen LogP contribution is -2.47. The first-order valence-corrected chi connectivity index (χ1v) is 8.57. The van der Waals surface area contributed by atoms with Gasteiger partial charge in [-0.3, -0.25) is 24.1 Å². The Labute approximate surface area is 149 Å². The van der Waals surface area contributed by atoms with Gasteiger partial charge in [-0.2, -0.15) is 0 Å². The van der Waals surface area contributed by atoms with Gasteiger partial charge in [0.05, 0.1) is 6.42 Å². The Kier molecular flexibility index (Phi) is 3.61. The van der Waals surface area contributed by atoms with Crippen molar-refractivity contribution in [3.8, 4) is 0 Å². The maximum absolute atomic E-state index is 13.9. The van der Waals surface area contributed by atoms with E-state index in [-0.39, 0.29) is 24.4 Å². The number of hydrogen-bond donors (Lipinski definition) is 0. The van der Waals surface area contributed by atoms with E-state index in [1.807, 2.05) is 0 Å². The van der Waals surface area contributed by atoms with E-state index < -0.39 is 29.0 Å². The third-order valence-corrected chi connectivity index (χ3v) is 5.54. The molecule has 136 valence electrons. The van der Waals surface area contributed by atoms with Gasteiger partial charge >= 0.3 is 0 Å². The number of carbonyl (C=O) groups is 4. The average molecular weight is 359 g/mol. The Hall–Kier alpha value is -2.77. The van der Waals surface area contributed by atoms with Crippen molar-refractivity contribution in [2.45, 2.75) is 24.7 Å². The predicted molar refractivity (Wildman–Crippen MR) is 88.6 cm³/mol. The number of halogens is 1. The van der Waals surface area contributed by atoms with Gasteiger partial charge in [0, 0.05) is 44.4 Å². The molecule has 3 aliphatic rings. The monoisotopic (exact) mass is 359 g/mol. The van der Waals surface area contributed by atoms with Crippen LogP contribution in [0.3, 0.4) is 0 Å². The molecule has 0 bridgehead atoms. The summed E-state index contributed by atoms with van der Waals surface area (Å²) in [6, 6.07) is 3.85. The molecule has 4 amide bonds. The summed E-state index contributed by atoms with van der Waals surface area (Å²) in [5.74, 6) is -2.14. The molecule has 0 aliphatic carbocycles. The molecule has 2 fully saturated rings. The highest BCUT2D eigenvalue weighted by Gasteiger charge is 2.63. The predicted octanol–water partition coefficient (Wildman–Crippen LogP) is 0.421. The third-order valence-electron chi connectivity index (χ3n) is 5.54. The second-order valence-corrected chi connectivity index (χ2v) is 6.94. The SMILES string of the molecule is CN1C(=O)CC2(C1=O)C(=O)N(CCN1CCCC1=O)c1ccc(F)cc12. The summed E-state index contributed by atoms with van der Waals surface area (Å²) in [7, 11) is 1.33. The highest BCUT2D eigenvalue weighted by atomic mass is 19.1. The Balaban J connectivity index is 1.72. The number of rotatable bonds is 3. The molecule has 8 heteroatoms. The molecule has 3 aliphatic heterocycles. The smallest absolute Gasteiger partial charge is 0.249 e. The van der Waals surface area contributed by atoms with Crippen LogP contribution in [0.1, 0.15) is 24.8 Å². The lowest BCUT2D eigenvalue weighted by atomic mass is 9.80. The zero-order chi connectivity index (χ0) is 18.6. The number of benzene rings is 1. The summed E-state index contributed by atoms with van der Waals surface area (Å²) in [6.45, 7) is 1.19. The first-order valence-electron chi connectivity index (χ1n) is 8.57. The molecule has 1 atom stereocenters. The highest BCUT2D eigenvalue weighted by Crippen LogP contribution is 2.48. The number of imide groups is 1. The van der Waals surface area contributed by atoms with Gasteiger partial charge in [-0.15, -0.1) is 0 Å². The molecule has 1 aromatic rings. The fourth-order valence-corrected chi connectivity index (χ4v) is 4.12. The van der Waals surface area contributed by atoms with Crippen LogP contribution < -0.4 is 4.90 Å². The average Bonchev–Trinajstić information content (AvgIpc) is 3.19. The quantitative estimate of drug-likeness (QED) is 0.579. The Bertz CT molecular complexity index is 855. The van der Waals surface area contributed by atoms with E-state index in [1.165, 1.54) is 30.1 Å². The molecular weight excluding hydrogens is 341 g/mol. The molecule has 0 saturated carbocycles. The maximum atomic E-state index is 13.9. The van der Waals surface area contributed by atoms with E-state index in [9.17, 15) is 23.6 Å². The summed E-state index contributed by atoms with van der Waals surface area (Å²) in [4.78, 5) is 53.8. The number of likely N-dealkylation sites (tertiary alicyclic amines) is 2. The van der Waals surface area contributed by atoms with Crippen LogP contribution in [0, 0.1) is 5.82 Å². The van der Waals surface area contributed by atoms with E-state index in [1.54, 1.807) is 4.90 Å². The number of carbonyl (C=O) groups excluding carboxylic acids is 4. The molecular formula is C18H18FN3O4. The molecule has 2 saturated heterocycles. The van der Waals surface area contributed by atoms with Crippen LogP contribution in [0.2, 0.25) is 0 Å². The van der Waals surface area contributed by atoms with Crippen molar-refractivity contribution in [3.05, 3.63) is 29.6 Å². The Morgan fingerprint density at radius 1 is 1.08 bits per heavy atom. The van der Waals surface area contributed by atoms with E-state index in [0.717, 1.165) is 11.3 Å². The van der Waals surface area contributed by atoms with Crippen LogP contribution >= 0.6 is 0 Å². The summed E-state index contributed by atoms with van der Waals surface area (Å²) >= 11 is 0. The van der Waals surface area contributed by atoms with Crippen LogP contribution in [0.25, 0.3) is 0 Å². The van der Waals surface area contributed by atoms with E-state index in [2.05, 4.69) is 0 Å². The van der Waals surface area contributed by atoms with Gasteiger partial charge in [-0.25, -0.2) is 4.39 Å². The molecule has 4 rings (SSSR count). The fraction of sp³-hybridized carbons (Fsp3) is 0.444. The third kappa shape index (κ3) is 2.11. The van der Waals surface area contributed by atoms with Crippen LogP contribution in [-0.4, -0.2) is 60.1 Å². The molecule has 0 aromatic heterocycles. The van der Waals surface area contributed by atoms with E-state index in [0.29, 0.717) is 25.2 Å². The van der Waals surface area contributed by atoms with E-state index in [4.69, 9.17) is 0 Å². The minimum absolute atomic E-state index is 0.0394. The number of nitrogens with zero attached hydrogens (tertiary/aromatic N) is 3. The molecule has 1 unspecified atom stereocenters. The Morgan fingerprint density at radius 3 is 2.46 bits per heavy atom. The first kappa shape index (κ1) is 16.7. The Morgan fingerprint density at radius 2 is 1.85 bits per heavy atom. The van der Waals surface area contributed by atoms with E-state index >= 15 is 0 Å². The number of likely N-dealkylation sites (N-methyl/N-ethyl adjacent to an activating group) is 1. The van der Waals surface area contributed by atoms with Crippen molar-refractivity contribution >= 4 is 29.3 Å². The number of hydrogen-bond acceptors (Lipinski definition) is 4. The molecule has 0 N–H and O–H groups in total. The van der Waals surface area contributed by atoms with Crippen molar-refractivity contribution in [2.75, 3.05) is 31.6 Å². The van der Waals surface area contributed by atoms with Gasteiger partial charge in [0.1, 0.15) is 5.82 Å². The minimum atomic E-state index is -1.68. The van der Waals surface area contributed by atoms with Crippen molar-refractivity contribution < 1.29 is 23.6 Å². The van der Waals surface area contributed by atoms with Crippen molar-refractivity contribution in [1.29, 1.82) is 0 Å². The summed E-state index contributed by atoms with van der Waals surface area (Å²) < 4.78 is 13.9. The molecule has 3 heterocycles. The summed E-state index contributed by atoms with van der Waals surface area (Å²) in [5.41, 5.74) is -1.02. The fourth-order valence-electron chi connectivity index (χ4n) is 4.12. The van der Waals surface area contributed by atoms with Crippen LogP contribution in [-0.2, 0) is 24.6 Å². The standard InChI is InChI=1S/C18H18FN3O4/c1-20-15(24)10-18(16(20)25)12-9-11(19)4-5-13(12)22(17(18)26)8-7-21-6-2-3-14(21)23/h4-5,9H,2-3,6-8,10H2,1H3. The largest absolute Gasteiger partial charge is 0.341 e. The number of fused-ring (bicyclic) bond motifs is 2. The number of anilines is 1. The lowest BCUT2D eigenvalue weighted by Gasteiger charge is -2.24. The molecule has 0 radical (unpaired) electrons. The second-order valence-electron chi connectivity index (χ2n) is 6.94. The van der Waals surface area contributed by atoms with Gasteiger partial charge < -0.3 is 9.80 Å². The molecule has 1 aromatic carbocycles. The lowest BCUT2D eigenvalue weighted by molar-refractivity contribution is -0.140. The molecule has 26 heavy (non-hydrogen) atoms. The summed E-state index contributed by atoms with van der Waals surface area (Å²) in [5, 5.41) is 0.